The Labute approximate surface area is 99.3 Å². The van der Waals surface area contributed by atoms with E-state index in [1.54, 1.807) is 0 Å². The molecule has 0 aliphatic rings. The molecule has 0 radical (unpaired) electrons. The lowest BCUT2D eigenvalue weighted by molar-refractivity contribution is 0.276. The normalized spacial score (nSPS) is 13.1. The number of hydrogen-bond acceptors (Lipinski definition) is 3. The van der Waals surface area contributed by atoms with Crippen LogP contribution in [0.5, 0.6) is 0 Å². The van der Waals surface area contributed by atoms with Crippen LogP contribution in [0.4, 0.5) is 0 Å². The third kappa shape index (κ3) is 6.67. The molecular formula is C12H27N3O. The Morgan fingerprint density at radius 1 is 1.25 bits per heavy atom. The monoisotopic (exact) mass is 229 g/mol. The molecule has 0 atom stereocenters. The van der Waals surface area contributed by atoms with Gasteiger partial charge in [-0.2, -0.15) is 0 Å². The van der Waals surface area contributed by atoms with Gasteiger partial charge in [0, 0.05) is 6.42 Å². The molecule has 0 rings (SSSR count). The maximum absolute atomic E-state index is 8.37. The minimum atomic E-state index is 0.311. The second-order valence-electron chi connectivity index (χ2n) is 5.05. The minimum Gasteiger partial charge on any atom is -0.409 e. The zero-order chi connectivity index (χ0) is 12.6. The summed E-state index contributed by atoms with van der Waals surface area (Å²) in [7, 11) is 0. The van der Waals surface area contributed by atoms with Crippen molar-refractivity contribution in [1.29, 1.82) is 0 Å². The number of rotatable bonds is 8. The van der Waals surface area contributed by atoms with Crippen molar-refractivity contribution in [2.75, 3.05) is 13.1 Å². The largest absolute Gasteiger partial charge is 0.409 e. The van der Waals surface area contributed by atoms with Crippen LogP contribution in [0.15, 0.2) is 5.16 Å². The standard InChI is InChI=1S/C12H27N3O/c1-9(2)11(10(3)4)8-14-7-5-6-12(13)15-16/h9-11,14,16H,5-8H2,1-4H3,(H2,13,15). The molecule has 4 nitrogen and oxygen atoms in total. The first-order chi connectivity index (χ1) is 7.49. The van der Waals surface area contributed by atoms with Gasteiger partial charge >= 0.3 is 0 Å². The van der Waals surface area contributed by atoms with Crippen LogP contribution in [0.1, 0.15) is 40.5 Å². The summed E-state index contributed by atoms with van der Waals surface area (Å²) in [5, 5.41) is 14.7. The highest BCUT2D eigenvalue weighted by atomic mass is 16.4. The number of nitrogens with two attached hydrogens (primary N) is 1. The highest BCUT2D eigenvalue weighted by Gasteiger charge is 2.16. The first-order valence-electron chi connectivity index (χ1n) is 6.16. The molecule has 4 heteroatoms. The van der Waals surface area contributed by atoms with Gasteiger partial charge in [-0.3, -0.25) is 0 Å². The Morgan fingerprint density at radius 2 is 1.81 bits per heavy atom. The van der Waals surface area contributed by atoms with Gasteiger partial charge < -0.3 is 16.3 Å². The van der Waals surface area contributed by atoms with Gasteiger partial charge in [-0.25, -0.2) is 0 Å². The zero-order valence-electron chi connectivity index (χ0n) is 11.0. The number of nitrogens with one attached hydrogen (secondary N) is 1. The summed E-state index contributed by atoms with van der Waals surface area (Å²) >= 11 is 0. The molecule has 0 unspecified atom stereocenters. The number of amidine groups is 1. The van der Waals surface area contributed by atoms with Gasteiger partial charge in [-0.15, -0.1) is 0 Å². The van der Waals surface area contributed by atoms with Crippen molar-refractivity contribution < 1.29 is 5.21 Å². The number of oxime groups is 1. The molecule has 0 heterocycles. The van der Waals surface area contributed by atoms with E-state index in [-0.39, 0.29) is 0 Å². The zero-order valence-corrected chi connectivity index (χ0v) is 11.0. The topological polar surface area (TPSA) is 70.6 Å². The Hall–Kier alpha value is -0.770. The van der Waals surface area contributed by atoms with Gasteiger partial charge in [0.1, 0.15) is 5.84 Å². The first-order valence-corrected chi connectivity index (χ1v) is 6.16. The van der Waals surface area contributed by atoms with Crippen LogP contribution in [0.3, 0.4) is 0 Å². The molecule has 0 fully saturated rings. The van der Waals surface area contributed by atoms with Crippen LogP contribution in [-0.2, 0) is 0 Å². The molecule has 0 amide bonds. The molecule has 16 heavy (non-hydrogen) atoms. The summed E-state index contributed by atoms with van der Waals surface area (Å²) in [6.45, 7) is 11.0. The molecular weight excluding hydrogens is 202 g/mol. The average molecular weight is 229 g/mol. The molecule has 4 N–H and O–H groups in total. The lowest BCUT2D eigenvalue weighted by atomic mass is 9.85. The van der Waals surface area contributed by atoms with E-state index < -0.39 is 0 Å². The summed E-state index contributed by atoms with van der Waals surface area (Å²) in [5.74, 6) is 2.43. The van der Waals surface area contributed by atoms with Crippen molar-refractivity contribution in [3.8, 4) is 0 Å². The van der Waals surface area contributed by atoms with E-state index in [1.165, 1.54) is 0 Å². The SMILES string of the molecule is CC(C)C(CNCCCC(N)=NO)C(C)C. The van der Waals surface area contributed by atoms with Crippen molar-refractivity contribution in [2.24, 2.45) is 28.6 Å². The van der Waals surface area contributed by atoms with Crippen LogP contribution >= 0.6 is 0 Å². The summed E-state index contributed by atoms with van der Waals surface area (Å²) < 4.78 is 0. The van der Waals surface area contributed by atoms with Gasteiger partial charge in [0.25, 0.3) is 0 Å². The lowest BCUT2D eigenvalue weighted by Gasteiger charge is -2.25. The van der Waals surface area contributed by atoms with Crippen LogP contribution in [0, 0.1) is 17.8 Å². The van der Waals surface area contributed by atoms with E-state index in [0.29, 0.717) is 30.0 Å². The summed E-state index contributed by atoms with van der Waals surface area (Å²) in [4.78, 5) is 0. The van der Waals surface area contributed by atoms with E-state index in [0.717, 1.165) is 19.5 Å². The second kappa shape index (κ2) is 8.39. The third-order valence-electron chi connectivity index (χ3n) is 3.01. The van der Waals surface area contributed by atoms with Gasteiger partial charge in [-0.1, -0.05) is 32.9 Å². The van der Waals surface area contributed by atoms with E-state index in [2.05, 4.69) is 38.2 Å². The maximum Gasteiger partial charge on any atom is 0.139 e. The maximum atomic E-state index is 8.37. The Bertz CT molecular complexity index is 194. The minimum absolute atomic E-state index is 0.311. The van der Waals surface area contributed by atoms with E-state index in [1.807, 2.05) is 0 Å². The van der Waals surface area contributed by atoms with Crippen molar-refractivity contribution in [3.63, 3.8) is 0 Å². The highest BCUT2D eigenvalue weighted by Crippen LogP contribution is 2.19. The lowest BCUT2D eigenvalue weighted by Crippen LogP contribution is -2.30. The fourth-order valence-electron chi connectivity index (χ4n) is 1.95. The Kier molecular flexibility index (Phi) is 7.99. The predicted molar refractivity (Wildman–Crippen MR) is 68.7 cm³/mol. The number of nitrogens with zero attached hydrogens (tertiary/aromatic N) is 1. The van der Waals surface area contributed by atoms with Crippen molar-refractivity contribution in [1.82, 2.24) is 5.32 Å². The van der Waals surface area contributed by atoms with E-state index in [9.17, 15) is 0 Å². The smallest absolute Gasteiger partial charge is 0.139 e. The Morgan fingerprint density at radius 3 is 2.25 bits per heavy atom. The fraction of sp³-hybridized carbons (Fsp3) is 0.917. The molecule has 0 bridgehead atoms. The molecule has 0 spiro atoms. The predicted octanol–water partition coefficient (Wildman–Crippen LogP) is 2.03. The van der Waals surface area contributed by atoms with Crippen LogP contribution in [0.2, 0.25) is 0 Å². The molecule has 0 saturated carbocycles. The van der Waals surface area contributed by atoms with Gasteiger partial charge in [0.05, 0.1) is 0 Å². The molecule has 0 aromatic carbocycles. The van der Waals surface area contributed by atoms with Gasteiger partial charge in [-0.05, 0) is 37.3 Å². The van der Waals surface area contributed by atoms with Gasteiger partial charge in [0.2, 0.25) is 0 Å². The Balaban J connectivity index is 3.63. The van der Waals surface area contributed by atoms with Crippen molar-refractivity contribution in [3.05, 3.63) is 0 Å². The van der Waals surface area contributed by atoms with E-state index >= 15 is 0 Å². The molecule has 0 saturated heterocycles. The van der Waals surface area contributed by atoms with Crippen LogP contribution in [-0.4, -0.2) is 24.1 Å². The molecule has 96 valence electrons. The summed E-state index contributed by atoms with van der Waals surface area (Å²) in [6, 6.07) is 0. The van der Waals surface area contributed by atoms with Crippen LogP contribution in [0.25, 0.3) is 0 Å². The summed E-state index contributed by atoms with van der Waals surface area (Å²) in [6.07, 6.45) is 1.57. The highest BCUT2D eigenvalue weighted by molar-refractivity contribution is 5.79. The van der Waals surface area contributed by atoms with Crippen LogP contribution < -0.4 is 11.1 Å². The van der Waals surface area contributed by atoms with E-state index in [4.69, 9.17) is 10.9 Å². The van der Waals surface area contributed by atoms with Gasteiger partial charge in [0.15, 0.2) is 0 Å². The number of hydrogen-bond donors (Lipinski definition) is 3. The fourth-order valence-corrected chi connectivity index (χ4v) is 1.95. The molecule has 0 aliphatic heterocycles. The second-order valence-corrected chi connectivity index (χ2v) is 5.05. The molecule has 0 aromatic heterocycles. The van der Waals surface area contributed by atoms with Crippen molar-refractivity contribution >= 4 is 5.84 Å². The first kappa shape index (κ1) is 15.2. The quantitative estimate of drug-likeness (QED) is 0.196. The van der Waals surface area contributed by atoms with Crippen molar-refractivity contribution in [2.45, 2.75) is 40.5 Å². The average Bonchev–Trinajstić information content (AvgIpc) is 2.21. The summed E-state index contributed by atoms with van der Waals surface area (Å²) in [5.41, 5.74) is 5.38. The third-order valence-corrected chi connectivity index (χ3v) is 3.01. The molecule has 0 aliphatic carbocycles. The molecule has 0 aromatic rings.